The summed E-state index contributed by atoms with van der Waals surface area (Å²) in [7, 11) is 1.21. The second kappa shape index (κ2) is 7.56. The van der Waals surface area contributed by atoms with E-state index in [-0.39, 0.29) is 24.2 Å². The van der Waals surface area contributed by atoms with Gasteiger partial charge in [0.1, 0.15) is 5.82 Å². The van der Waals surface area contributed by atoms with Gasteiger partial charge in [0.2, 0.25) is 0 Å². The van der Waals surface area contributed by atoms with E-state index in [1.165, 1.54) is 13.1 Å². The van der Waals surface area contributed by atoms with E-state index in [0.717, 1.165) is 17.0 Å². The Balaban J connectivity index is 3.06. The molecule has 0 aliphatic heterocycles. The van der Waals surface area contributed by atoms with E-state index in [1.54, 1.807) is 0 Å². The summed E-state index contributed by atoms with van der Waals surface area (Å²) in [5, 5.41) is 8.63. The molecule has 0 fully saturated rings. The average molecular weight is 285 g/mol. The molecule has 3 nitrogen and oxygen atoms in total. The van der Waals surface area contributed by atoms with E-state index in [0.29, 0.717) is 0 Å². The summed E-state index contributed by atoms with van der Waals surface area (Å²) in [5.41, 5.74) is 0.171. The minimum absolute atomic E-state index is 0.0708. The molecule has 0 aromatic heterocycles. The van der Waals surface area contributed by atoms with Crippen LogP contribution in [0.5, 0.6) is 0 Å². The molecule has 0 saturated heterocycles. The van der Waals surface area contributed by atoms with Crippen LogP contribution in [0.25, 0.3) is 0 Å². The second-order valence-electron chi connectivity index (χ2n) is 4.04. The van der Waals surface area contributed by atoms with Crippen LogP contribution in [0.2, 0.25) is 0 Å². The van der Waals surface area contributed by atoms with Crippen LogP contribution in [0.1, 0.15) is 22.3 Å². The number of carbonyl (C=O) groups excluding carboxylic acids is 1. The highest BCUT2D eigenvalue weighted by atomic mass is 19.3. The Labute approximate surface area is 115 Å². The first kappa shape index (κ1) is 16.1. The number of alkyl halides is 2. The predicted molar refractivity (Wildman–Crippen MR) is 67.9 cm³/mol. The molecule has 0 saturated carbocycles. The Morgan fingerprint density at radius 2 is 2.15 bits per heavy atom. The molecule has 1 aromatic rings. The topological polar surface area (TPSA) is 40.5 Å². The van der Waals surface area contributed by atoms with E-state index in [9.17, 15) is 18.0 Å². The molecule has 0 unspecified atom stereocenters. The molecular formula is C14H14F3NO2. The zero-order chi connectivity index (χ0) is 15.1. The third-order valence-electron chi connectivity index (χ3n) is 2.43. The molecule has 1 N–H and O–H groups in total. The number of nitrogens with zero attached hydrogens (tertiary/aromatic N) is 1. The summed E-state index contributed by atoms with van der Waals surface area (Å²) < 4.78 is 37.7. The first-order valence-corrected chi connectivity index (χ1v) is 5.88. The number of benzene rings is 1. The van der Waals surface area contributed by atoms with Gasteiger partial charge < -0.3 is 10.0 Å². The van der Waals surface area contributed by atoms with Crippen molar-refractivity contribution in [3.05, 3.63) is 35.1 Å². The van der Waals surface area contributed by atoms with Crippen LogP contribution in [-0.4, -0.2) is 42.5 Å². The Morgan fingerprint density at radius 3 is 2.75 bits per heavy atom. The van der Waals surface area contributed by atoms with Gasteiger partial charge in [0.15, 0.2) is 0 Å². The Kier molecular flexibility index (Phi) is 6.07. The van der Waals surface area contributed by atoms with Gasteiger partial charge >= 0.3 is 0 Å². The van der Waals surface area contributed by atoms with Crippen molar-refractivity contribution < 1.29 is 23.1 Å². The Morgan fingerprint density at radius 1 is 1.45 bits per heavy atom. The van der Waals surface area contributed by atoms with Crippen LogP contribution in [0, 0.1) is 17.7 Å². The standard InChI is InChI=1S/C14H14F3NO2/c1-18(9-13(16)17)14(20)12-8-11(15)6-5-10(12)4-2-3-7-19/h5-6,8,13,19H,3,7,9H2,1H3. The molecule has 20 heavy (non-hydrogen) atoms. The van der Waals surface area contributed by atoms with E-state index in [1.807, 2.05) is 0 Å². The highest BCUT2D eigenvalue weighted by molar-refractivity contribution is 5.96. The van der Waals surface area contributed by atoms with E-state index < -0.39 is 24.7 Å². The fourth-order valence-corrected chi connectivity index (χ4v) is 1.51. The number of hydrogen-bond donors (Lipinski definition) is 1. The summed E-state index contributed by atoms with van der Waals surface area (Å²) in [6.07, 6.45) is -2.46. The molecule has 0 aliphatic rings. The lowest BCUT2D eigenvalue weighted by Crippen LogP contribution is -2.31. The van der Waals surface area contributed by atoms with Crippen molar-refractivity contribution in [1.29, 1.82) is 0 Å². The smallest absolute Gasteiger partial charge is 0.255 e. The normalized spacial score (nSPS) is 10.1. The van der Waals surface area contributed by atoms with Crippen molar-refractivity contribution in [2.45, 2.75) is 12.8 Å². The van der Waals surface area contributed by atoms with Gasteiger partial charge in [-0.3, -0.25) is 4.79 Å². The van der Waals surface area contributed by atoms with Gasteiger partial charge in [-0.15, -0.1) is 0 Å². The van der Waals surface area contributed by atoms with Gasteiger partial charge in [-0.2, -0.15) is 0 Å². The zero-order valence-corrected chi connectivity index (χ0v) is 10.9. The predicted octanol–water partition coefficient (Wildman–Crippen LogP) is 1.90. The van der Waals surface area contributed by atoms with Crippen LogP contribution >= 0.6 is 0 Å². The molecule has 6 heteroatoms. The molecule has 1 aromatic carbocycles. The fraction of sp³-hybridized carbons (Fsp3) is 0.357. The number of carbonyl (C=O) groups is 1. The molecule has 0 heterocycles. The maximum absolute atomic E-state index is 13.2. The van der Waals surface area contributed by atoms with Crippen LogP contribution < -0.4 is 0 Å². The quantitative estimate of drug-likeness (QED) is 0.858. The molecule has 1 amide bonds. The first-order chi connectivity index (χ1) is 9.45. The van der Waals surface area contributed by atoms with E-state index in [2.05, 4.69) is 11.8 Å². The van der Waals surface area contributed by atoms with Crippen LogP contribution in [0.15, 0.2) is 18.2 Å². The summed E-state index contributed by atoms with van der Waals surface area (Å²) in [6.45, 7) is -0.873. The number of hydrogen-bond acceptors (Lipinski definition) is 2. The maximum atomic E-state index is 13.2. The van der Waals surface area contributed by atoms with Gasteiger partial charge in [-0.1, -0.05) is 11.8 Å². The number of halogens is 3. The van der Waals surface area contributed by atoms with Crippen molar-refractivity contribution in [3.8, 4) is 11.8 Å². The van der Waals surface area contributed by atoms with Crippen molar-refractivity contribution in [2.75, 3.05) is 20.2 Å². The summed E-state index contributed by atoms with van der Waals surface area (Å²) in [5.74, 6) is 3.85. The SMILES string of the molecule is CN(CC(F)F)C(=O)c1cc(F)ccc1C#CCCO. The molecule has 0 bridgehead atoms. The highest BCUT2D eigenvalue weighted by Crippen LogP contribution is 2.13. The third kappa shape index (κ3) is 4.59. The summed E-state index contributed by atoms with van der Waals surface area (Å²) >= 11 is 0. The zero-order valence-electron chi connectivity index (χ0n) is 10.9. The first-order valence-electron chi connectivity index (χ1n) is 5.88. The monoisotopic (exact) mass is 285 g/mol. The number of rotatable bonds is 4. The van der Waals surface area contributed by atoms with Crippen molar-refractivity contribution in [3.63, 3.8) is 0 Å². The largest absolute Gasteiger partial charge is 0.395 e. The van der Waals surface area contributed by atoms with Gasteiger partial charge in [-0.25, -0.2) is 13.2 Å². The average Bonchev–Trinajstić information content (AvgIpc) is 2.39. The lowest BCUT2D eigenvalue weighted by molar-refractivity contribution is 0.0619. The Bertz CT molecular complexity index is 535. The highest BCUT2D eigenvalue weighted by Gasteiger charge is 2.18. The van der Waals surface area contributed by atoms with E-state index in [4.69, 9.17) is 5.11 Å². The molecular weight excluding hydrogens is 271 g/mol. The molecule has 108 valence electrons. The second-order valence-corrected chi connectivity index (χ2v) is 4.04. The number of amides is 1. The van der Waals surface area contributed by atoms with Gasteiger partial charge in [0, 0.05) is 19.0 Å². The molecule has 0 spiro atoms. The van der Waals surface area contributed by atoms with Gasteiger partial charge in [0.05, 0.1) is 18.7 Å². The van der Waals surface area contributed by atoms with Crippen LogP contribution in [0.3, 0.4) is 0 Å². The van der Waals surface area contributed by atoms with Crippen molar-refractivity contribution in [1.82, 2.24) is 4.90 Å². The lowest BCUT2D eigenvalue weighted by Gasteiger charge is -2.17. The van der Waals surface area contributed by atoms with Gasteiger partial charge in [-0.05, 0) is 18.2 Å². The van der Waals surface area contributed by atoms with Crippen LogP contribution in [0.4, 0.5) is 13.2 Å². The van der Waals surface area contributed by atoms with Crippen molar-refractivity contribution >= 4 is 5.91 Å². The lowest BCUT2D eigenvalue weighted by atomic mass is 10.1. The van der Waals surface area contributed by atoms with Crippen molar-refractivity contribution in [2.24, 2.45) is 0 Å². The van der Waals surface area contributed by atoms with Gasteiger partial charge in [0.25, 0.3) is 12.3 Å². The maximum Gasteiger partial charge on any atom is 0.255 e. The third-order valence-corrected chi connectivity index (χ3v) is 2.43. The summed E-state index contributed by atoms with van der Waals surface area (Å²) in [6, 6.07) is 3.41. The summed E-state index contributed by atoms with van der Waals surface area (Å²) in [4.78, 5) is 12.8. The molecule has 1 rings (SSSR count). The fourth-order valence-electron chi connectivity index (χ4n) is 1.51. The Hall–Kier alpha value is -2.00. The molecule has 0 radical (unpaired) electrons. The van der Waals surface area contributed by atoms with Crippen LogP contribution in [-0.2, 0) is 0 Å². The van der Waals surface area contributed by atoms with E-state index >= 15 is 0 Å². The number of aliphatic hydroxyl groups excluding tert-OH is 1. The minimum Gasteiger partial charge on any atom is -0.395 e. The minimum atomic E-state index is -2.67. The molecule has 0 aliphatic carbocycles. The number of aliphatic hydroxyl groups is 1. The molecule has 0 atom stereocenters.